The summed E-state index contributed by atoms with van der Waals surface area (Å²) in [6.07, 6.45) is 5.42. The molecule has 4 nitrogen and oxygen atoms in total. The van der Waals surface area contributed by atoms with Gasteiger partial charge in [0.15, 0.2) is 0 Å². The first-order chi connectivity index (χ1) is 10.8. The minimum Gasteiger partial charge on any atom is -0.255 e. The van der Waals surface area contributed by atoms with Crippen molar-refractivity contribution in [1.29, 1.82) is 10.5 Å². The van der Waals surface area contributed by atoms with Gasteiger partial charge < -0.3 is 0 Å². The van der Waals surface area contributed by atoms with Gasteiger partial charge in [0.1, 0.15) is 12.1 Å². The monoisotopic (exact) mass is 288 g/mol. The third-order valence-corrected chi connectivity index (χ3v) is 6.43. The summed E-state index contributed by atoms with van der Waals surface area (Å²) in [6.45, 7) is 0. The van der Waals surface area contributed by atoms with Crippen molar-refractivity contribution in [3.8, 4) is 12.1 Å². The summed E-state index contributed by atoms with van der Waals surface area (Å²) in [4.78, 5) is 0. The smallest absolute Gasteiger partial charge is 0.233 e. The normalized spacial score (nSPS) is 38.8. The molecule has 2 heterocycles. The lowest BCUT2D eigenvalue weighted by atomic mass is 9.70. The molecule has 2 saturated carbocycles. The van der Waals surface area contributed by atoms with E-state index in [1.165, 1.54) is 24.8 Å². The maximum Gasteiger partial charge on any atom is 0.233 e. The first-order valence-electron chi connectivity index (χ1n) is 8.05. The van der Waals surface area contributed by atoms with Crippen LogP contribution in [-0.2, 0) is 0 Å². The van der Waals surface area contributed by atoms with Crippen LogP contribution in [0.15, 0.2) is 29.4 Å². The van der Waals surface area contributed by atoms with Crippen molar-refractivity contribution >= 4 is 6.21 Å². The van der Waals surface area contributed by atoms with E-state index in [-0.39, 0.29) is 12.0 Å². The van der Waals surface area contributed by atoms with E-state index in [1.54, 1.807) is 0 Å². The molecule has 1 aromatic rings. The average molecular weight is 288 g/mol. The van der Waals surface area contributed by atoms with Gasteiger partial charge in [-0.25, -0.2) is 0 Å². The largest absolute Gasteiger partial charge is 0.255 e. The van der Waals surface area contributed by atoms with Crippen LogP contribution in [0.5, 0.6) is 0 Å². The molecule has 5 rings (SSSR count). The Morgan fingerprint density at radius 2 is 1.91 bits per heavy atom. The van der Waals surface area contributed by atoms with E-state index in [9.17, 15) is 10.5 Å². The Morgan fingerprint density at radius 1 is 1.14 bits per heavy atom. The number of rotatable bonds is 0. The highest BCUT2D eigenvalue weighted by Crippen LogP contribution is 2.67. The molecule has 22 heavy (non-hydrogen) atoms. The van der Waals surface area contributed by atoms with Gasteiger partial charge in [-0.05, 0) is 48.1 Å². The zero-order chi connectivity index (χ0) is 14.9. The van der Waals surface area contributed by atoms with Crippen LogP contribution < -0.4 is 0 Å². The van der Waals surface area contributed by atoms with Gasteiger partial charge in [0.05, 0.1) is 12.3 Å². The number of fused-ring (bicyclic) bond motifs is 9. The fourth-order valence-corrected chi connectivity index (χ4v) is 5.75. The minimum atomic E-state index is -1.08. The zero-order valence-corrected chi connectivity index (χ0v) is 12.2. The molecule has 0 spiro atoms. The van der Waals surface area contributed by atoms with Gasteiger partial charge in [0.2, 0.25) is 5.54 Å². The number of benzene rings is 1. The van der Waals surface area contributed by atoms with Gasteiger partial charge >= 0.3 is 0 Å². The standard InChI is InChI=1S/C18H16N4/c19-9-18(10-20)16-12-6-5-11(7-12)15(16)17-14-4-2-1-3-13(14)8-21-22(17)18/h1-4,8,11-12,15-17H,5-7H2. The number of hydrazone groups is 1. The lowest BCUT2D eigenvalue weighted by Crippen LogP contribution is -2.46. The van der Waals surface area contributed by atoms with Crippen LogP contribution >= 0.6 is 0 Å². The van der Waals surface area contributed by atoms with Crippen molar-refractivity contribution in [2.45, 2.75) is 30.8 Å². The summed E-state index contributed by atoms with van der Waals surface area (Å²) >= 11 is 0. The van der Waals surface area contributed by atoms with Crippen LogP contribution in [0.1, 0.15) is 36.4 Å². The summed E-state index contributed by atoms with van der Waals surface area (Å²) in [7, 11) is 0. The molecule has 2 aliphatic heterocycles. The molecule has 0 radical (unpaired) electrons. The Kier molecular flexibility index (Phi) is 2.17. The molecule has 0 amide bonds. The molecule has 3 fully saturated rings. The second kappa shape index (κ2) is 3.90. The maximum absolute atomic E-state index is 9.89. The van der Waals surface area contributed by atoms with Gasteiger partial charge in [0, 0.05) is 5.92 Å². The predicted octanol–water partition coefficient (Wildman–Crippen LogP) is 2.84. The maximum atomic E-state index is 9.89. The van der Waals surface area contributed by atoms with E-state index >= 15 is 0 Å². The number of hydrogen-bond acceptors (Lipinski definition) is 4. The van der Waals surface area contributed by atoms with Gasteiger partial charge in [-0.1, -0.05) is 24.3 Å². The Hall–Kier alpha value is -2.33. The first kappa shape index (κ1) is 12.2. The van der Waals surface area contributed by atoms with Crippen molar-refractivity contribution in [3.63, 3.8) is 0 Å². The van der Waals surface area contributed by atoms with Crippen molar-refractivity contribution in [2.75, 3.05) is 0 Å². The number of nitrogens with zero attached hydrogens (tertiary/aromatic N) is 4. The van der Waals surface area contributed by atoms with Crippen molar-refractivity contribution < 1.29 is 0 Å². The summed E-state index contributed by atoms with van der Waals surface area (Å²) in [5.41, 5.74) is 1.29. The molecule has 2 bridgehead atoms. The van der Waals surface area contributed by atoms with Crippen molar-refractivity contribution in [2.24, 2.45) is 28.8 Å². The number of hydrogen-bond donors (Lipinski definition) is 0. The van der Waals surface area contributed by atoms with E-state index in [1.807, 2.05) is 17.3 Å². The molecule has 4 heteroatoms. The quantitative estimate of drug-likeness (QED) is 0.737. The van der Waals surface area contributed by atoms with E-state index in [0.29, 0.717) is 17.8 Å². The highest BCUT2D eigenvalue weighted by atomic mass is 15.5. The third kappa shape index (κ3) is 1.17. The van der Waals surface area contributed by atoms with Crippen LogP contribution in [-0.4, -0.2) is 16.8 Å². The molecule has 4 aliphatic rings. The van der Waals surface area contributed by atoms with Crippen LogP contribution in [0, 0.1) is 46.3 Å². The Morgan fingerprint density at radius 3 is 2.73 bits per heavy atom. The van der Waals surface area contributed by atoms with Crippen molar-refractivity contribution in [1.82, 2.24) is 5.01 Å². The van der Waals surface area contributed by atoms with Gasteiger partial charge in [-0.3, -0.25) is 5.01 Å². The van der Waals surface area contributed by atoms with Crippen molar-refractivity contribution in [3.05, 3.63) is 35.4 Å². The molecule has 1 saturated heterocycles. The zero-order valence-electron chi connectivity index (χ0n) is 12.2. The van der Waals surface area contributed by atoms with Crippen LogP contribution in [0.3, 0.4) is 0 Å². The van der Waals surface area contributed by atoms with Crippen LogP contribution in [0.25, 0.3) is 0 Å². The molecule has 0 aromatic heterocycles. The second-order valence-electron chi connectivity index (χ2n) is 7.09. The van der Waals surface area contributed by atoms with E-state index in [2.05, 4.69) is 35.4 Å². The summed E-state index contributed by atoms with van der Waals surface area (Å²) in [5, 5.41) is 26.2. The average Bonchev–Trinajstić information content (AvgIpc) is 3.25. The van der Waals surface area contributed by atoms with E-state index < -0.39 is 5.54 Å². The molecule has 5 atom stereocenters. The van der Waals surface area contributed by atoms with E-state index in [4.69, 9.17) is 0 Å². The molecule has 0 N–H and O–H groups in total. The Balaban J connectivity index is 1.75. The highest BCUT2D eigenvalue weighted by molar-refractivity contribution is 5.83. The Labute approximate surface area is 129 Å². The molecule has 1 aromatic carbocycles. The molecular formula is C18H16N4. The summed E-state index contributed by atoms with van der Waals surface area (Å²) in [5.74, 6) is 1.71. The molecule has 5 unspecified atom stereocenters. The lowest BCUT2D eigenvalue weighted by molar-refractivity contribution is 0.149. The number of nitriles is 2. The van der Waals surface area contributed by atoms with Gasteiger partial charge in [-0.2, -0.15) is 15.6 Å². The molecule has 108 valence electrons. The predicted molar refractivity (Wildman–Crippen MR) is 80.4 cm³/mol. The first-order valence-corrected chi connectivity index (χ1v) is 8.05. The Bertz CT molecular complexity index is 754. The second-order valence-corrected chi connectivity index (χ2v) is 7.09. The fraction of sp³-hybridized carbons (Fsp3) is 0.500. The summed E-state index contributed by atoms with van der Waals surface area (Å²) < 4.78 is 0. The molecular weight excluding hydrogens is 272 g/mol. The van der Waals surface area contributed by atoms with Gasteiger partial charge in [0.25, 0.3) is 0 Å². The fourth-order valence-electron chi connectivity index (χ4n) is 5.75. The lowest BCUT2D eigenvalue weighted by Gasteiger charge is -2.35. The van der Waals surface area contributed by atoms with Crippen LogP contribution in [0.2, 0.25) is 0 Å². The topological polar surface area (TPSA) is 63.2 Å². The SMILES string of the molecule is N#CC1(C#N)C2C3CCC(C3)C2C2c3ccccc3C=NN21. The highest BCUT2D eigenvalue weighted by Gasteiger charge is 2.69. The third-order valence-electron chi connectivity index (χ3n) is 6.43. The van der Waals surface area contributed by atoms with E-state index in [0.717, 1.165) is 5.56 Å². The molecule has 2 aliphatic carbocycles. The summed E-state index contributed by atoms with van der Waals surface area (Å²) in [6, 6.07) is 13.1. The minimum absolute atomic E-state index is 0.0980. The van der Waals surface area contributed by atoms with Crippen LogP contribution in [0.4, 0.5) is 0 Å². The van der Waals surface area contributed by atoms with Gasteiger partial charge in [-0.15, -0.1) is 0 Å².